The lowest BCUT2D eigenvalue weighted by Crippen LogP contribution is -1.99. The van der Waals surface area contributed by atoms with Gasteiger partial charge in [-0.25, -0.2) is 0 Å². The Morgan fingerprint density at radius 3 is 2.82 bits per heavy atom. The quantitative estimate of drug-likeness (QED) is 0.881. The van der Waals surface area contributed by atoms with Gasteiger partial charge in [-0.15, -0.1) is 0 Å². The van der Waals surface area contributed by atoms with E-state index in [1.54, 1.807) is 6.26 Å². The van der Waals surface area contributed by atoms with Crippen molar-refractivity contribution in [3.8, 4) is 11.3 Å². The second kappa shape index (κ2) is 4.65. The number of hydrogen-bond donors (Lipinski definition) is 1. The molecular weight excluding hydrogens is 216 g/mol. The van der Waals surface area contributed by atoms with Crippen molar-refractivity contribution in [1.29, 1.82) is 0 Å². The fourth-order valence-electron chi connectivity index (χ4n) is 1.96. The van der Waals surface area contributed by atoms with Crippen molar-refractivity contribution in [1.82, 2.24) is 5.16 Å². The van der Waals surface area contributed by atoms with E-state index < -0.39 is 0 Å². The first-order chi connectivity index (χ1) is 8.13. The lowest BCUT2D eigenvalue weighted by Gasteiger charge is -2.04. The zero-order valence-corrected chi connectivity index (χ0v) is 10.5. The molecule has 2 aromatic heterocycles. The topological polar surface area (TPSA) is 65.2 Å². The van der Waals surface area contributed by atoms with Crippen LogP contribution in [0.5, 0.6) is 0 Å². The highest BCUT2D eigenvalue weighted by atomic mass is 16.5. The molecule has 0 saturated carbocycles. The summed E-state index contributed by atoms with van der Waals surface area (Å²) in [4.78, 5) is 0. The van der Waals surface area contributed by atoms with E-state index in [2.05, 4.69) is 19.0 Å². The highest BCUT2D eigenvalue weighted by Gasteiger charge is 2.20. The molecule has 0 spiro atoms. The molecule has 2 N–H and O–H groups in total. The molecule has 0 unspecified atom stereocenters. The van der Waals surface area contributed by atoms with Gasteiger partial charge in [0, 0.05) is 12.0 Å². The normalized spacial score (nSPS) is 11.3. The van der Waals surface area contributed by atoms with Gasteiger partial charge in [0.1, 0.15) is 5.76 Å². The smallest absolute Gasteiger partial charge is 0.175 e. The van der Waals surface area contributed by atoms with Gasteiger partial charge >= 0.3 is 0 Å². The van der Waals surface area contributed by atoms with Crippen LogP contribution in [0.15, 0.2) is 21.3 Å². The van der Waals surface area contributed by atoms with Crippen molar-refractivity contribution in [2.75, 3.05) is 5.73 Å². The SMILES string of the molecule is CCc1occc1-c1onc(N)c1CC(C)C. The van der Waals surface area contributed by atoms with Gasteiger partial charge in [0.05, 0.1) is 11.8 Å². The third-order valence-corrected chi connectivity index (χ3v) is 2.74. The van der Waals surface area contributed by atoms with Gasteiger partial charge in [0.25, 0.3) is 0 Å². The first-order valence-electron chi connectivity index (χ1n) is 5.94. The fraction of sp³-hybridized carbons (Fsp3) is 0.462. The molecule has 17 heavy (non-hydrogen) atoms. The Hall–Kier alpha value is -1.71. The average molecular weight is 234 g/mol. The standard InChI is InChI=1S/C13H18N2O2/c1-4-11-9(5-6-16-11)12-10(7-8(2)3)13(14)15-17-12/h5-6,8H,4,7H2,1-3H3,(H2,14,15). The number of furan rings is 1. The minimum absolute atomic E-state index is 0.483. The van der Waals surface area contributed by atoms with Crippen molar-refractivity contribution in [2.45, 2.75) is 33.6 Å². The number of nitrogens with zero attached hydrogens (tertiary/aromatic N) is 1. The molecule has 0 radical (unpaired) electrons. The molecule has 2 heterocycles. The molecule has 0 fully saturated rings. The number of aromatic nitrogens is 1. The van der Waals surface area contributed by atoms with Crippen molar-refractivity contribution in [2.24, 2.45) is 5.92 Å². The van der Waals surface area contributed by atoms with Crippen LogP contribution < -0.4 is 5.73 Å². The molecule has 0 amide bonds. The Balaban J connectivity index is 2.45. The average Bonchev–Trinajstić information content (AvgIpc) is 2.86. The molecule has 0 bridgehead atoms. The molecular formula is C13H18N2O2. The van der Waals surface area contributed by atoms with Crippen LogP contribution in [0.3, 0.4) is 0 Å². The van der Waals surface area contributed by atoms with Crippen molar-refractivity contribution in [3.05, 3.63) is 23.7 Å². The second-order valence-electron chi connectivity index (χ2n) is 4.58. The van der Waals surface area contributed by atoms with E-state index in [0.29, 0.717) is 11.7 Å². The van der Waals surface area contributed by atoms with E-state index >= 15 is 0 Å². The summed E-state index contributed by atoms with van der Waals surface area (Å²) in [5.41, 5.74) is 7.80. The van der Waals surface area contributed by atoms with Gasteiger partial charge in [0.15, 0.2) is 11.6 Å². The molecule has 0 aliphatic rings. The van der Waals surface area contributed by atoms with E-state index in [1.165, 1.54) is 0 Å². The summed E-state index contributed by atoms with van der Waals surface area (Å²) in [5.74, 6) is 2.65. The van der Waals surface area contributed by atoms with Crippen LogP contribution in [0, 0.1) is 5.92 Å². The summed E-state index contributed by atoms with van der Waals surface area (Å²) in [6.45, 7) is 6.34. The molecule has 92 valence electrons. The third kappa shape index (κ3) is 2.20. The molecule has 2 aromatic rings. The van der Waals surface area contributed by atoms with Crippen LogP contribution in [0.2, 0.25) is 0 Å². The van der Waals surface area contributed by atoms with Crippen LogP contribution in [-0.4, -0.2) is 5.16 Å². The minimum atomic E-state index is 0.483. The minimum Gasteiger partial charge on any atom is -0.469 e. The molecule has 0 aromatic carbocycles. The van der Waals surface area contributed by atoms with Gasteiger partial charge in [-0.1, -0.05) is 25.9 Å². The zero-order chi connectivity index (χ0) is 12.4. The fourth-order valence-corrected chi connectivity index (χ4v) is 1.96. The van der Waals surface area contributed by atoms with Gasteiger partial charge in [-0.2, -0.15) is 0 Å². The first kappa shape index (κ1) is 11.8. The van der Waals surface area contributed by atoms with E-state index in [1.807, 2.05) is 13.0 Å². The Morgan fingerprint density at radius 1 is 1.41 bits per heavy atom. The van der Waals surface area contributed by atoms with Crippen molar-refractivity contribution in [3.63, 3.8) is 0 Å². The van der Waals surface area contributed by atoms with Crippen molar-refractivity contribution >= 4 is 5.82 Å². The van der Waals surface area contributed by atoms with Gasteiger partial charge in [-0.05, 0) is 18.4 Å². The number of nitrogen functional groups attached to an aromatic ring is 1. The Bertz CT molecular complexity index is 497. The second-order valence-corrected chi connectivity index (χ2v) is 4.58. The lowest BCUT2D eigenvalue weighted by molar-refractivity contribution is 0.432. The Morgan fingerprint density at radius 2 is 2.18 bits per heavy atom. The van der Waals surface area contributed by atoms with Gasteiger partial charge in [-0.3, -0.25) is 0 Å². The van der Waals surface area contributed by atoms with Crippen LogP contribution in [-0.2, 0) is 12.8 Å². The summed E-state index contributed by atoms with van der Waals surface area (Å²) in [7, 11) is 0. The molecule has 0 saturated heterocycles. The Labute approximate surface area is 101 Å². The summed E-state index contributed by atoms with van der Waals surface area (Å²) >= 11 is 0. The predicted octanol–water partition coefficient (Wildman–Crippen LogP) is 3.28. The van der Waals surface area contributed by atoms with Gasteiger partial charge in [0.2, 0.25) is 0 Å². The maximum Gasteiger partial charge on any atom is 0.175 e. The molecule has 0 aliphatic carbocycles. The van der Waals surface area contributed by atoms with E-state index in [9.17, 15) is 0 Å². The lowest BCUT2D eigenvalue weighted by atomic mass is 9.99. The maximum absolute atomic E-state index is 5.85. The summed E-state index contributed by atoms with van der Waals surface area (Å²) in [6.07, 6.45) is 3.36. The maximum atomic E-state index is 5.85. The van der Waals surface area contributed by atoms with Crippen LogP contribution >= 0.6 is 0 Å². The van der Waals surface area contributed by atoms with Crippen LogP contribution in [0.1, 0.15) is 32.1 Å². The Kier molecular flexibility index (Phi) is 3.22. The number of aryl methyl sites for hydroxylation is 1. The van der Waals surface area contributed by atoms with Crippen molar-refractivity contribution < 1.29 is 8.94 Å². The highest BCUT2D eigenvalue weighted by molar-refractivity contribution is 5.67. The summed E-state index contributed by atoms with van der Waals surface area (Å²) in [5, 5.41) is 3.86. The third-order valence-electron chi connectivity index (χ3n) is 2.74. The number of hydrogen-bond acceptors (Lipinski definition) is 4. The summed E-state index contributed by atoms with van der Waals surface area (Å²) in [6, 6.07) is 1.91. The largest absolute Gasteiger partial charge is 0.469 e. The zero-order valence-electron chi connectivity index (χ0n) is 10.5. The molecule has 4 heteroatoms. The van der Waals surface area contributed by atoms with Crippen LogP contribution in [0.25, 0.3) is 11.3 Å². The molecule has 2 rings (SSSR count). The number of rotatable bonds is 4. The first-order valence-corrected chi connectivity index (χ1v) is 5.94. The highest BCUT2D eigenvalue weighted by Crippen LogP contribution is 2.32. The molecule has 0 aliphatic heterocycles. The molecule has 4 nitrogen and oxygen atoms in total. The van der Waals surface area contributed by atoms with Crippen LogP contribution in [0.4, 0.5) is 5.82 Å². The number of anilines is 1. The van der Waals surface area contributed by atoms with E-state index in [0.717, 1.165) is 35.5 Å². The number of nitrogens with two attached hydrogens (primary N) is 1. The summed E-state index contributed by atoms with van der Waals surface area (Å²) < 4.78 is 10.8. The van der Waals surface area contributed by atoms with E-state index in [4.69, 9.17) is 14.7 Å². The van der Waals surface area contributed by atoms with E-state index in [-0.39, 0.29) is 0 Å². The molecule has 0 atom stereocenters. The monoisotopic (exact) mass is 234 g/mol. The van der Waals surface area contributed by atoms with Gasteiger partial charge < -0.3 is 14.7 Å². The predicted molar refractivity (Wildman–Crippen MR) is 66.5 cm³/mol.